The van der Waals surface area contributed by atoms with E-state index in [1.807, 2.05) is 6.07 Å². The Kier molecular flexibility index (Phi) is 2.80. The Morgan fingerprint density at radius 2 is 2.21 bits per heavy atom. The van der Waals surface area contributed by atoms with Crippen LogP contribution in [-0.2, 0) is 19.3 Å². The zero-order chi connectivity index (χ0) is 10.1. The molecule has 1 atom stereocenters. The summed E-state index contributed by atoms with van der Waals surface area (Å²) >= 11 is 6.18. The average molecular weight is 211 g/mol. The second-order valence-corrected chi connectivity index (χ2v) is 4.53. The lowest BCUT2D eigenvalue weighted by Crippen LogP contribution is -2.04. The highest BCUT2D eigenvalue weighted by atomic mass is 35.5. The van der Waals surface area contributed by atoms with Gasteiger partial charge in [-0.25, -0.2) is 0 Å². The third-order valence-electron chi connectivity index (χ3n) is 2.75. The first-order valence-electron chi connectivity index (χ1n) is 5.15. The zero-order valence-electron chi connectivity index (χ0n) is 8.39. The molecule has 14 heavy (non-hydrogen) atoms. The number of rotatable bonds is 2. The van der Waals surface area contributed by atoms with Crippen LogP contribution in [0, 0.1) is 0 Å². The van der Waals surface area contributed by atoms with Gasteiger partial charge < -0.3 is 5.11 Å². The van der Waals surface area contributed by atoms with E-state index in [0.29, 0.717) is 6.42 Å². The van der Waals surface area contributed by atoms with Crippen LogP contribution in [0.25, 0.3) is 0 Å². The minimum absolute atomic E-state index is 0.287. The molecule has 1 aliphatic carbocycles. The predicted molar refractivity (Wildman–Crippen MR) is 58.9 cm³/mol. The molecular weight excluding hydrogens is 196 g/mol. The third kappa shape index (κ3) is 1.94. The molecule has 0 spiro atoms. The van der Waals surface area contributed by atoms with E-state index in [1.165, 1.54) is 17.5 Å². The summed E-state index contributed by atoms with van der Waals surface area (Å²) in [5.41, 5.74) is 3.86. The van der Waals surface area contributed by atoms with E-state index in [-0.39, 0.29) is 6.10 Å². The van der Waals surface area contributed by atoms with Crippen LogP contribution < -0.4 is 0 Å². The van der Waals surface area contributed by atoms with Gasteiger partial charge in [-0.1, -0.05) is 17.7 Å². The first kappa shape index (κ1) is 10.0. The Labute approximate surface area is 89.7 Å². The minimum Gasteiger partial charge on any atom is -0.393 e. The summed E-state index contributed by atoms with van der Waals surface area (Å²) in [6.07, 6.45) is 3.89. The second kappa shape index (κ2) is 3.92. The number of hydrogen-bond donors (Lipinski definition) is 1. The first-order chi connectivity index (χ1) is 6.66. The van der Waals surface area contributed by atoms with Crippen molar-refractivity contribution in [2.45, 2.75) is 38.7 Å². The Morgan fingerprint density at radius 1 is 1.43 bits per heavy atom. The largest absolute Gasteiger partial charge is 0.393 e. The van der Waals surface area contributed by atoms with Gasteiger partial charge in [-0.15, -0.1) is 0 Å². The molecule has 76 valence electrons. The van der Waals surface area contributed by atoms with Gasteiger partial charge in [0.05, 0.1) is 6.10 Å². The molecule has 0 bridgehead atoms. The van der Waals surface area contributed by atoms with Crippen molar-refractivity contribution in [3.8, 4) is 0 Å². The highest BCUT2D eigenvalue weighted by molar-refractivity contribution is 6.31. The van der Waals surface area contributed by atoms with Gasteiger partial charge in [-0.2, -0.15) is 0 Å². The van der Waals surface area contributed by atoms with Crippen LogP contribution in [0.4, 0.5) is 0 Å². The smallest absolute Gasteiger partial charge is 0.0552 e. The van der Waals surface area contributed by atoms with Gasteiger partial charge in [-0.05, 0) is 55.4 Å². The molecule has 1 N–H and O–H groups in total. The van der Waals surface area contributed by atoms with Gasteiger partial charge in [-0.3, -0.25) is 0 Å². The molecule has 0 amide bonds. The first-order valence-corrected chi connectivity index (χ1v) is 5.53. The van der Waals surface area contributed by atoms with Crippen LogP contribution in [0.15, 0.2) is 12.1 Å². The Bertz CT molecular complexity index is 344. The summed E-state index contributed by atoms with van der Waals surface area (Å²) in [6.45, 7) is 1.81. The van der Waals surface area contributed by atoms with E-state index >= 15 is 0 Å². The van der Waals surface area contributed by atoms with Crippen LogP contribution in [-0.4, -0.2) is 11.2 Å². The molecule has 1 unspecified atom stereocenters. The summed E-state index contributed by atoms with van der Waals surface area (Å²) in [5.74, 6) is 0. The fourth-order valence-corrected chi connectivity index (χ4v) is 2.53. The maximum atomic E-state index is 9.30. The SMILES string of the molecule is CC(O)Cc1cc(Cl)c2c(c1)CCC2. The van der Waals surface area contributed by atoms with Crippen molar-refractivity contribution in [2.24, 2.45) is 0 Å². The lowest BCUT2D eigenvalue weighted by atomic mass is 10.0. The fraction of sp³-hybridized carbons (Fsp3) is 0.500. The molecule has 1 nitrogen and oxygen atoms in total. The lowest BCUT2D eigenvalue weighted by Gasteiger charge is -2.08. The minimum atomic E-state index is -0.287. The van der Waals surface area contributed by atoms with Crippen LogP contribution in [0.3, 0.4) is 0 Å². The molecule has 1 aromatic carbocycles. The van der Waals surface area contributed by atoms with Crippen molar-refractivity contribution < 1.29 is 5.11 Å². The zero-order valence-corrected chi connectivity index (χ0v) is 9.14. The fourth-order valence-electron chi connectivity index (χ4n) is 2.17. The molecule has 0 heterocycles. The van der Waals surface area contributed by atoms with Crippen molar-refractivity contribution in [3.63, 3.8) is 0 Å². The maximum Gasteiger partial charge on any atom is 0.0552 e. The van der Waals surface area contributed by atoms with E-state index in [4.69, 9.17) is 11.6 Å². The maximum absolute atomic E-state index is 9.30. The van der Waals surface area contributed by atoms with Gasteiger partial charge in [0.2, 0.25) is 0 Å². The average Bonchev–Trinajstić information content (AvgIpc) is 2.50. The topological polar surface area (TPSA) is 20.2 Å². The lowest BCUT2D eigenvalue weighted by molar-refractivity contribution is 0.195. The molecule has 0 saturated heterocycles. The molecule has 0 aliphatic heterocycles. The number of aryl methyl sites for hydroxylation is 1. The van der Waals surface area contributed by atoms with Crippen LogP contribution in [0.1, 0.15) is 30.0 Å². The molecular formula is C12H15ClO. The van der Waals surface area contributed by atoms with Crippen LogP contribution in [0.2, 0.25) is 5.02 Å². The summed E-state index contributed by atoms with van der Waals surface area (Å²) in [6, 6.07) is 4.19. The number of fused-ring (bicyclic) bond motifs is 1. The van der Waals surface area contributed by atoms with Gasteiger partial charge in [0.1, 0.15) is 0 Å². The van der Waals surface area contributed by atoms with E-state index < -0.39 is 0 Å². The molecule has 2 heteroatoms. The predicted octanol–water partition coefficient (Wildman–Crippen LogP) is 2.75. The number of aliphatic hydroxyl groups is 1. The summed E-state index contributed by atoms with van der Waals surface area (Å²) in [4.78, 5) is 0. The molecule has 1 aromatic rings. The van der Waals surface area contributed by atoms with E-state index in [9.17, 15) is 5.11 Å². The standard InChI is InChI=1S/C12H15ClO/c1-8(14)5-9-6-10-3-2-4-11(10)12(13)7-9/h6-8,14H,2-5H2,1H3. The van der Waals surface area contributed by atoms with E-state index in [1.54, 1.807) is 6.92 Å². The molecule has 0 saturated carbocycles. The van der Waals surface area contributed by atoms with Gasteiger partial charge in [0.15, 0.2) is 0 Å². The highest BCUT2D eigenvalue weighted by Crippen LogP contribution is 2.30. The van der Waals surface area contributed by atoms with Gasteiger partial charge in [0, 0.05) is 5.02 Å². The molecule has 0 aromatic heterocycles. The number of halogens is 1. The van der Waals surface area contributed by atoms with Crippen molar-refractivity contribution in [1.29, 1.82) is 0 Å². The third-order valence-corrected chi connectivity index (χ3v) is 3.09. The Balaban J connectivity index is 2.32. The van der Waals surface area contributed by atoms with E-state index in [2.05, 4.69) is 6.07 Å². The van der Waals surface area contributed by atoms with Crippen LogP contribution in [0.5, 0.6) is 0 Å². The second-order valence-electron chi connectivity index (χ2n) is 4.12. The van der Waals surface area contributed by atoms with Crippen molar-refractivity contribution in [1.82, 2.24) is 0 Å². The number of aliphatic hydroxyl groups excluding tert-OH is 1. The monoisotopic (exact) mass is 210 g/mol. The Hall–Kier alpha value is -0.530. The summed E-state index contributed by atoms with van der Waals surface area (Å²) in [5, 5.41) is 10.2. The Morgan fingerprint density at radius 3 is 2.93 bits per heavy atom. The normalized spacial score (nSPS) is 16.8. The van der Waals surface area contributed by atoms with Crippen molar-refractivity contribution in [2.75, 3.05) is 0 Å². The van der Waals surface area contributed by atoms with Crippen molar-refractivity contribution in [3.05, 3.63) is 33.8 Å². The van der Waals surface area contributed by atoms with E-state index in [0.717, 1.165) is 23.4 Å². The molecule has 1 aliphatic rings. The van der Waals surface area contributed by atoms with Gasteiger partial charge >= 0.3 is 0 Å². The van der Waals surface area contributed by atoms with Crippen molar-refractivity contribution >= 4 is 11.6 Å². The molecule has 2 rings (SSSR count). The molecule has 0 fully saturated rings. The van der Waals surface area contributed by atoms with Crippen LogP contribution >= 0.6 is 11.6 Å². The summed E-state index contributed by atoms with van der Waals surface area (Å²) in [7, 11) is 0. The van der Waals surface area contributed by atoms with Gasteiger partial charge in [0.25, 0.3) is 0 Å². The quantitative estimate of drug-likeness (QED) is 0.796. The number of hydrogen-bond acceptors (Lipinski definition) is 1. The highest BCUT2D eigenvalue weighted by Gasteiger charge is 2.15. The molecule has 0 radical (unpaired) electrons. The number of benzene rings is 1. The summed E-state index contributed by atoms with van der Waals surface area (Å²) < 4.78 is 0.